The molecule has 0 amide bonds. The van der Waals surface area contributed by atoms with E-state index in [2.05, 4.69) is 15.3 Å². The molecule has 7 nitrogen and oxygen atoms in total. The highest BCUT2D eigenvalue weighted by Crippen LogP contribution is 2.30. The van der Waals surface area contributed by atoms with Crippen LogP contribution < -0.4 is 15.7 Å². The van der Waals surface area contributed by atoms with Crippen molar-refractivity contribution in [1.29, 1.82) is 0 Å². The molecule has 160 valence electrons. The Balaban J connectivity index is 0.000000858. The van der Waals surface area contributed by atoms with E-state index in [-0.39, 0.29) is 11.8 Å². The van der Waals surface area contributed by atoms with Crippen LogP contribution >= 0.6 is 0 Å². The summed E-state index contributed by atoms with van der Waals surface area (Å²) >= 11 is 0. The number of aryl methyl sites for hydroxylation is 1. The Kier molecular flexibility index (Phi) is 7.29. The van der Waals surface area contributed by atoms with Gasteiger partial charge in [-0.1, -0.05) is 30.3 Å². The third-order valence-corrected chi connectivity index (χ3v) is 4.13. The monoisotopic (exact) mass is 422 g/mol. The fraction of sp³-hybridized carbons (Fsp3) is 0.174. The highest BCUT2D eigenvalue weighted by atomic mass is 19.1. The van der Waals surface area contributed by atoms with Gasteiger partial charge in [0.2, 0.25) is 0 Å². The van der Waals surface area contributed by atoms with E-state index in [9.17, 15) is 9.18 Å². The van der Waals surface area contributed by atoms with Gasteiger partial charge >= 0.3 is 11.6 Å². The Morgan fingerprint density at radius 1 is 1.06 bits per heavy atom. The fourth-order valence-corrected chi connectivity index (χ4v) is 2.88. The van der Waals surface area contributed by atoms with Crippen molar-refractivity contribution in [2.24, 2.45) is 0 Å². The molecule has 0 radical (unpaired) electrons. The van der Waals surface area contributed by atoms with Crippen molar-refractivity contribution in [2.45, 2.75) is 13.5 Å². The average molecular weight is 422 g/mol. The lowest BCUT2D eigenvalue weighted by Gasteiger charge is -2.08. The minimum atomic E-state index is -0.521. The topological polar surface area (TPSA) is 82.2 Å². The maximum Gasteiger partial charge on any atom is 0.366 e. The van der Waals surface area contributed by atoms with Crippen LogP contribution in [0.1, 0.15) is 6.92 Å². The predicted molar refractivity (Wildman–Crippen MR) is 117 cm³/mol. The van der Waals surface area contributed by atoms with Crippen LogP contribution in [0, 0.1) is 5.82 Å². The molecule has 0 fully saturated rings. The molecule has 0 saturated carbocycles. The smallest absolute Gasteiger partial charge is 0.366 e. The molecule has 4 rings (SSSR count). The molecule has 0 atom stereocenters. The lowest BCUT2D eigenvalue weighted by molar-refractivity contribution is 0.263. The van der Waals surface area contributed by atoms with Gasteiger partial charge in [0.1, 0.15) is 17.3 Å². The molecule has 0 spiro atoms. The van der Waals surface area contributed by atoms with Crippen molar-refractivity contribution in [2.75, 3.05) is 14.1 Å². The first-order valence-electron chi connectivity index (χ1n) is 9.72. The molecule has 1 N–H and O–H groups in total. The fourth-order valence-electron chi connectivity index (χ4n) is 2.88. The van der Waals surface area contributed by atoms with Gasteiger partial charge in [0.25, 0.3) is 0 Å². The number of para-hydroxylation sites is 1. The van der Waals surface area contributed by atoms with Crippen molar-refractivity contribution < 1.29 is 13.7 Å². The first-order valence-corrected chi connectivity index (χ1v) is 9.72. The molecule has 31 heavy (non-hydrogen) atoms. The zero-order chi connectivity index (χ0) is 22.2. The van der Waals surface area contributed by atoms with E-state index in [1.165, 1.54) is 29.0 Å². The lowest BCUT2D eigenvalue weighted by Crippen LogP contribution is -2.00. The molecule has 8 heteroatoms. The molecule has 4 aromatic rings. The number of nitrogens with one attached hydrogen (secondary N) is 1. The highest BCUT2D eigenvalue weighted by Gasteiger charge is 2.22. The Morgan fingerprint density at radius 3 is 2.39 bits per heavy atom. The molecule has 0 aliphatic rings. The molecule has 0 saturated heterocycles. The van der Waals surface area contributed by atoms with E-state index >= 15 is 0 Å². The van der Waals surface area contributed by atoms with Gasteiger partial charge in [0, 0.05) is 6.20 Å². The van der Waals surface area contributed by atoms with Crippen LogP contribution in [0.3, 0.4) is 0 Å². The molecular formula is C23H23FN4O3. The van der Waals surface area contributed by atoms with Crippen molar-refractivity contribution >= 4 is 0 Å². The standard InChI is InChI=1S/C21H16FN3O3.C2H7N/c1-2-25-19(18(20(26)28-25)14-8-10-15(22)11-9-14)17-12-13-23-21(24-17)27-16-6-4-3-5-7-16;1-3-2/h3-13H,2H2,1H3;3H,1-2H3. The van der Waals surface area contributed by atoms with Crippen molar-refractivity contribution in [3.8, 4) is 34.3 Å². The molecule has 2 aromatic carbocycles. The van der Waals surface area contributed by atoms with Gasteiger partial charge in [-0.15, -0.1) is 0 Å². The van der Waals surface area contributed by atoms with Gasteiger partial charge in [0.15, 0.2) is 0 Å². The maximum absolute atomic E-state index is 13.3. The quantitative estimate of drug-likeness (QED) is 0.515. The molecule has 0 aliphatic carbocycles. The second-order valence-corrected chi connectivity index (χ2v) is 6.44. The van der Waals surface area contributed by atoms with E-state index in [0.717, 1.165) is 0 Å². The Bertz CT molecular complexity index is 1170. The summed E-state index contributed by atoms with van der Waals surface area (Å²) in [5, 5.41) is 2.75. The Hall–Kier alpha value is -3.78. The summed E-state index contributed by atoms with van der Waals surface area (Å²) in [5.74, 6) is 0.212. The van der Waals surface area contributed by atoms with Gasteiger partial charge in [0.05, 0.1) is 17.8 Å². The lowest BCUT2D eigenvalue weighted by atomic mass is 10.0. The van der Waals surface area contributed by atoms with Gasteiger partial charge in [-0.3, -0.25) is 0 Å². The summed E-state index contributed by atoms with van der Waals surface area (Å²) in [6.07, 6.45) is 1.55. The summed E-state index contributed by atoms with van der Waals surface area (Å²) in [6.45, 7) is 2.27. The van der Waals surface area contributed by atoms with Crippen molar-refractivity contribution in [1.82, 2.24) is 20.0 Å². The minimum Gasteiger partial charge on any atom is -0.424 e. The molecule has 0 bridgehead atoms. The van der Waals surface area contributed by atoms with Gasteiger partial charge in [-0.25, -0.2) is 18.9 Å². The van der Waals surface area contributed by atoms with Crippen LogP contribution in [0.25, 0.3) is 22.5 Å². The minimum absolute atomic E-state index is 0.144. The number of rotatable bonds is 5. The van der Waals surface area contributed by atoms with E-state index in [1.807, 2.05) is 39.2 Å². The maximum atomic E-state index is 13.3. The first kappa shape index (κ1) is 21.9. The molecule has 0 unspecified atom stereocenters. The highest BCUT2D eigenvalue weighted by molar-refractivity contribution is 5.78. The van der Waals surface area contributed by atoms with E-state index < -0.39 is 5.63 Å². The summed E-state index contributed by atoms with van der Waals surface area (Å²) in [7, 11) is 3.75. The largest absolute Gasteiger partial charge is 0.424 e. The third kappa shape index (κ3) is 5.23. The summed E-state index contributed by atoms with van der Waals surface area (Å²) in [4.78, 5) is 21.1. The van der Waals surface area contributed by atoms with Gasteiger partial charge in [-0.05, 0) is 56.9 Å². The number of hydrogen-bond acceptors (Lipinski definition) is 6. The van der Waals surface area contributed by atoms with Crippen molar-refractivity contribution in [3.63, 3.8) is 0 Å². The number of ether oxygens (including phenoxy) is 1. The number of nitrogens with zero attached hydrogens (tertiary/aromatic N) is 3. The first-order chi connectivity index (χ1) is 15.1. The average Bonchev–Trinajstić information content (AvgIpc) is 3.12. The van der Waals surface area contributed by atoms with E-state index in [0.29, 0.717) is 34.8 Å². The van der Waals surface area contributed by atoms with Crippen LogP contribution in [0.2, 0.25) is 0 Å². The van der Waals surface area contributed by atoms with Crippen molar-refractivity contribution in [3.05, 3.63) is 83.1 Å². The number of aromatic nitrogens is 3. The Morgan fingerprint density at radius 2 is 1.74 bits per heavy atom. The number of hydrogen-bond donors (Lipinski definition) is 1. The molecule has 2 aromatic heterocycles. The predicted octanol–water partition coefficient (Wildman–Crippen LogP) is 4.35. The molecular weight excluding hydrogens is 399 g/mol. The zero-order valence-electron chi connectivity index (χ0n) is 17.5. The molecule has 0 aliphatic heterocycles. The number of halogens is 1. The van der Waals surface area contributed by atoms with Crippen LogP contribution in [-0.4, -0.2) is 28.8 Å². The summed E-state index contributed by atoms with van der Waals surface area (Å²) < 4.78 is 25.8. The second-order valence-electron chi connectivity index (χ2n) is 6.44. The second kappa shape index (κ2) is 10.3. The van der Waals surface area contributed by atoms with E-state index in [1.54, 1.807) is 24.4 Å². The van der Waals surface area contributed by atoms with Crippen LogP contribution in [0.5, 0.6) is 11.8 Å². The normalized spacial score (nSPS) is 10.3. The Labute approximate surface area is 179 Å². The van der Waals surface area contributed by atoms with Gasteiger partial charge in [-0.2, -0.15) is 4.98 Å². The summed E-state index contributed by atoms with van der Waals surface area (Å²) in [5.41, 5.74) is 1.28. The van der Waals surface area contributed by atoms with Crippen LogP contribution in [0.15, 0.2) is 76.2 Å². The SMILES string of the molecule is CCn1oc(=O)c(-c2ccc(F)cc2)c1-c1ccnc(Oc2ccccc2)n1.CNC. The van der Waals surface area contributed by atoms with Crippen LogP contribution in [-0.2, 0) is 6.54 Å². The van der Waals surface area contributed by atoms with Crippen LogP contribution in [0.4, 0.5) is 4.39 Å². The number of benzene rings is 2. The zero-order valence-corrected chi connectivity index (χ0v) is 17.5. The van der Waals surface area contributed by atoms with Gasteiger partial charge < -0.3 is 14.6 Å². The third-order valence-electron chi connectivity index (χ3n) is 4.13. The van der Waals surface area contributed by atoms with E-state index in [4.69, 9.17) is 9.26 Å². The molecule has 2 heterocycles. The summed E-state index contributed by atoms with van der Waals surface area (Å²) in [6, 6.07) is 16.6.